The Hall–Kier alpha value is 0.0100. The second kappa shape index (κ2) is 4.18. The Morgan fingerprint density at radius 3 is 2.00 bits per heavy atom. The van der Waals surface area contributed by atoms with Crippen molar-refractivity contribution in [2.45, 2.75) is 0 Å². The predicted octanol–water partition coefficient (Wildman–Crippen LogP) is -3.34. The molecule has 36 valence electrons. The van der Waals surface area contributed by atoms with Crippen molar-refractivity contribution in [3.8, 4) is 0 Å². The average Bonchev–Trinajstić information content (AvgIpc) is 1.36. The Bertz CT molecular complexity index is 83.3. The number of carboxylic acids is 1. The summed E-state index contributed by atoms with van der Waals surface area (Å²) in [6, 6.07) is 0. The molecule has 0 unspecified atom stereocenters. The zero-order valence-corrected chi connectivity index (χ0v) is 6.14. The summed E-state index contributed by atoms with van der Waals surface area (Å²) in [5.41, 5.74) is 4.32. The van der Waals surface area contributed by atoms with Gasteiger partial charge in [0, 0.05) is 0 Å². The van der Waals surface area contributed by atoms with Crippen LogP contribution in [0.3, 0.4) is 0 Å². The van der Waals surface area contributed by atoms with Gasteiger partial charge in [-0.05, 0) is 0 Å². The molecule has 0 aliphatic heterocycles. The van der Waals surface area contributed by atoms with Gasteiger partial charge in [0.1, 0.15) is 5.70 Å². The molecule has 0 saturated carbocycles. The third-order valence-corrected chi connectivity index (χ3v) is 0.275. The Morgan fingerprint density at radius 2 is 2.00 bits per heavy atom. The molecule has 7 heavy (non-hydrogen) atoms. The van der Waals surface area contributed by atoms with Gasteiger partial charge in [0.2, 0.25) is 0 Å². The van der Waals surface area contributed by atoms with E-state index in [4.69, 9.17) is 5.11 Å². The first-order valence-electron chi connectivity index (χ1n) is 1.32. The molecule has 0 fully saturated rings. The van der Waals surface area contributed by atoms with Gasteiger partial charge in [0.15, 0.2) is 0 Å². The third kappa shape index (κ3) is 6.01. The molecule has 0 atom stereocenters. The summed E-state index contributed by atoms with van der Waals surface area (Å²) in [4.78, 5) is 9.47. The normalized spacial score (nSPS) is 6.29. The van der Waals surface area contributed by atoms with E-state index in [0.717, 1.165) is 0 Å². The maximum Gasteiger partial charge on any atom is 1.00 e. The van der Waals surface area contributed by atoms with Crippen molar-refractivity contribution in [1.29, 1.82) is 0 Å². The quantitative estimate of drug-likeness (QED) is 0.274. The molecular formula is C3H6NNaO2. The largest absolute Gasteiger partial charge is 1.00 e. The molecule has 0 aromatic rings. The van der Waals surface area contributed by atoms with E-state index < -0.39 is 5.97 Å². The van der Waals surface area contributed by atoms with Crippen molar-refractivity contribution in [1.82, 2.24) is 0 Å². The maximum atomic E-state index is 9.47. The van der Waals surface area contributed by atoms with Crippen LogP contribution in [0.4, 0.5) is 0 Å². The standard InChI is InChI=1S/C3H5NO2.Na.H/c1-2(4)3(5)6;;/h1,4H2,(H,5,6);;/q;+1;-1. The summed E-state index contributed by atoms with van der Waals surface area (Å²) in [7, 11) is 0. The van der Waals surface area contributed by atoms with Crippen LogP contribution in [-0.4, -0.2) is 11.1 Å². The Morgan fingerprint density at radius 1 is 1.86 bits per heavy atom. The van der Waals surface area contributed by atoms with Gasteiger partial charge in [0.05, 0.1) is 0 Å². The Balaban J connectivity index is -0.000000125. The van der Waals surface area contributed by atoms with Crippen LogP contribution in [-0.2, 0) is 4.79 Å². The zero-order chi connectivity index (χ0) is 5.15. The van der Waals surface area contributed by atoms with Gasteiger partial charge in [-0.15, -0.1) is 0 Å². The van der Waals surface area contributed by atoms with E-state index in [9.17, 15) is 4.79 Å². The monoisotopic (exact) mass is 111 g/mol. The second-order valence-electron chi connectivity index (χ2n) is 0.830. The van der Waals surface area contributed by atoms with Crippen LogP contribution < -0.4 is 35.3 Å². The molecule has 0 radical (unpaired) electrons. The van der Waals surface area contributed by atoms with Crippen molar-refractivity contribution >= 4 is 5.97 Å². The van der Waals surface area contributed by atoms with Gasteiger partial charge in [-0.3, -0.25) is 0 Å². The number of hydrogen-bond acceptors (Lipinski definition) is 2. The van der Waals surface area contributed by atoms with E-state index >= 15 is 0 Å². The van der Waals surface area contributed by atoms with Gasteiger partial charge in [-0.1, -0.05) is 6.58 Å². The van der Waals surface area contributed by atoms with Crippen molar-refractivity contribution in [3.63, 3.8) is 0 Å². The van der Waals surface area contributed by atoms with Crippen molar-refractivity contribution in [3.05, 3.63) is 12.3 Å². The fourth-order valence-electron chi connectivity index (χ4n) is 0. The van der Waals surface area contributed by atoms with Crippen LogP contribution >= 0.6 is 0 Å². The van der Waals surface area contributed by atoms with Crippen LogP contribution in [0.1, 0.15) is 1.43 Å². The van der Waals surface area contributed by atoms with Gasteiger partial charge >= 0.3 is 35.5 Å². The summed E-state index contributed by atoms with van der Waals surface area (Å²) in [6.07, 6.45) is 0. The minimum Gasteiger partial charge on any atom is -1.00 e. The van der Waals surface area contributed by atoms with E-state index in [1.807, 2.05) is 0 Å². The number of aliphatic carboxylic acids is 1. The van der Waals surface area contributed by atoms with Crippen LogP contribution in [0.25, 0.3) is 0 Å². The molecule has 3 nitrogen and oxygen atoms in total. The molecular weight excluding hydrogens is 105 g/mol. The molecule has 3 N–H and O–H groups in total. The van der Waals surface area contributed by atoms with E-state index in [0.29, 0.717) is 0 Å². The molecule has 0 amide bonds. The van der Waals surface area contributed by atoms with E-state index in [1.54, 1.807) is 0 Å². The SMILES string of the molecule is C=C(N)C(=O)O.[H-].[Na+]. The van der Waals surface area contributed by atoms with Crippen LogP contribution in [0.15, 0.2) is 12.3 Å². The molecule has 0 aliphatic rings. The van der Waals surface area contributed by atoms with Gasteiger partial charge < -0.3 is 12.3 Å². The second-order valence-corrected chi connectivity index (χ2v) is 0.830. The van der Waals surface area contributed by atoms with E-state index in [-0.39, 0.29) is 36.7 Å². The van der Waals surface area contributed by atoms with E-state index in [1.165, 1.54) is 0 Å². The van der Waals surface area contributed by atoms with Crippen molar-refractivity contribution < 1.29 is 40.9 Å². The van der Waals surface area contributed by atoms with Crippen LogP contribution in [0.5, 0.6) is 0 Å². The molecule has 0 saturated heterocycles. The molecule has 4 heteroatoms. The minimum atomic E-state index is -1.16. The van der Waals surface area contributed by atoms with Crippen molar-refractivity contribution in [2.24, 2.45) is 5.73 Å². The predicted molar refractivity (Wildman–Crippen MR) is 22.1 cm³/mol. The number of hydrogen-bond donors (Lipinski definition) is 2. The number of nitrogens with two attached hydrogens (primary N) is 1. The topological polar surface area (TPSA) is 63.3 Å². The Kier molecular flexibility index (Phi) is 6.02. The molecule has 0 rings (SSSR count). The van der Waals surface area contributed by atoms with Gasteiger partial charge in [0.25, 0.3) is 0 Å². The molecule has 0 aromatic heterocycles. The number of carboxylic acid groups (broad SMARTS) is 1. The van der Waals surface area contributed by atoms with Gasteiger partial charge in [-0.25, -0.2) is 4.79 Å². The summed E-state index contributed by atoms with van der Waals surface area (Å²) < 4.78 is 0. The summed E-state index contributed by atoms with van der Waals surface area (Å²) >= 11 is 0. The average molecular weight is 111 g/mol. The minimum absolute atomic E-state index is 0. The van der Waals surface area contributed by atoms with Crippen LogP contribution in [0, 0.1) is 0 Å². The first-order chi connectivity index (χ1) is 2.64. The fourth-order valence-corrected chi connectivity index (χ4v) is 0. The zero-order valence-electron chi connectivity index (χ0n) is 5.14. The molecule has 0 spiro atoms. The molecule has 0 aliphatic carbocycles. The fraction of sp³-hybridized carbons (Fsp3) is 0. The molecule has 0 aromatic carbocycles. The van der Waals surface area contributed by atoms with E-state index in [2.05, 4.69) is 12.3 Å². The van der Waals surface area contributed by atoms with Crippen LogP contribution in [0.2, 0.25) is 0 Å². The summed E-state index contributed by atoms with van der Waals surface area (Å²) in [6.45, 7) is 2.93. The smallest absolute Gasteiger partial charge is 1.00 e. The number of carbonyl (C=O) groups is 1. The maximum absolute atomic E-state index is 9.47. The summed E-state index contributed by atoms with van der Waals surface area (Å²) in [5, 5.41) is 7.77. The molecule has 0 heterocycles. The first kappa shape index (κ1) is 10.1. The summed E-state index contributed by atoms with van der Waals surface area (Å²) in [5.74, 6) is -1.16. The van der Waals surface area contributed by atoms with Crippen molar-refractivity contribution in [2.75, 3.05) is 0 Å². The van der Waals surface area contributed by atoms with Gasteiger partial charge in [-0.2, -0.15) is 0 Å². The first-order valence-corrected chi connectivity index (χ1v) is 1.32. The molecule has 0 bridgehead atoms. The third-order valence-electron chi connectivity index (χ3n) is 0.275. The Labute approximate surface area is 65.0 Å². The number of rotatable bonds is 1.